The van der Waals surface area contributed by atoms with Crippen LogP contribution in [-0.4, -0.2) is 28.1 Å². The van der Waals surface area contributed by atoms with Gasteiger partial charge in [0.2, 0.25) is 0 Å². The van der Waals surface area contributed by atoms with E-state index in [1.165, 1.54) is 38.1 Å². The summed E-state index contributed by atoms with van der Waals surface area (Å²) in [6.07, 6.45) is 1.08. The van der Waals surface area contributed by atoms with Gasteiger partial charge in [0.1, 0.15) is 23.1 Å². The third-order valence-electron chi connectivity index (χ3n) is 5.95. The van der Waals surface area contributed by atoms with Gasteiger partial charge in [0.05, 0.1) is 6.04 Å². The molecule has 1 aromatic heterocycles. The van der Waals surface area contributed by atoms with E-state index in [9.17, 15) is 8.78 Å². The molecule has 0 aliphatic carbocycles. The number of aromatic amines is 1. The Hall–Kier alpha value is -2.34. The van der Waals surface area contributed by atoms with Crippen molar-refractivity contribution in [2.45, 2.75) is 58.3 Å². The number of nitrogens with zero attached hydrogens (tertiary/aromatic N) is 1. The quantitative estimate of drug-likeness (QED) is 0.498. The summed E-state index contributed by atoms with van der Waals surface area (Å²) in [6.45, 7) is 6.69. The van der Waals surface area contributed by atoms with Crippen molar-refractivity contribution in [2.24, 2.45) is 0 Å². The molecule has 2 nitrogen and oxygen atoms in total. The van der Waals surface area contributed by atoms with Crippen LogP contribution in [0.25, 0.3) is 10.9 Å². The van der Waals surface area contributed by atoms with Gasteiger partial charge in [-0.3, -0.25) is 4.90 Å². The van der Waals surface area contributed by atoms with Crippen LogP contribution in [-0.2, 0) is 12.8 Å². The lowest BCUT2D eigenvalue weighted by molar-refractivity contribution is 0.0642. The van der Waals surface area contributed by atoms with E-state index in [1.54, 1.807) is 11.0 Å². The second-order valence-corrected chi connectivity index (χ2v) is 8.88. The molecule has 1 N–H and O–H groups in total. The third kappa shape index (κ3) is 3.62. The second-order valence-electron chi connectivity index (χ2n) is 8.88. The normalized spacial score (nSPS) is 20.0. The van der Waals surface area contributed by atoms with Crippen LogP contribution in [0, 0.1) is 17.5 Å². The Labute approximate surface area is 173 Å². The fourth-order valence-corrected chi connectivity index (χ4v) is 4.63. The van der Waals surface area contributed by atoms with Gasteiger partial charge in [-0.15, -0.1) is 0 Å². The summed E-state index contributed by atoms with van der Waals surface area (Å²) in [5.74, 6) is -1.69. The molecular weight excluding hydrogens is 392 g/mol. The molecule has 2 unspecified atom stereocenters. The highest BCUT2D eigenvalue weighted by molar-refractivity contribution is 5.85. The molecular formula is C24H26F4N2. The van der Waals surface area contributed by atoms with Crippen LogP contribution in [0.5, 0.6) is 0 Å². The predicted molar refractivity (Wildman–Crippen MR) is 111 cm³/mol. The van der Waals surface area contributed by atoms with E-state index >= 15 is 8.78 Å². The van der Waals surface area contributed by atoms with E-state index in [-0.39, 0.29) is 18.2 Å². The summed E-state index contributed by atoms with van der Waals surface area (Å²) < 4.78 is 58.9. The van der Waals surface area contributed by atoms with Crippen LogP contribution >= 0.6 is 0 Å². The molecule has 6 heteroatoms. The Morgan fingerprint density at radius 1 is 1.10 bits per heavy atom. The van der Waals surface area contributed by atoms with Crippen molar-refractivity contribution < 1.29 is 17.6 Å². The first-order valence-electron chi connectivity index (χ1n) is 10.3. The van der Waals surface area contributed by atoms with E-state index in [0.717, 1.165) is 10.9 Å². The first-order chi connectivity index (χ1) is 14.1. The fraction of sp³-hybridized carbons (Fsp3) is 0.417. The van der Waals surface area contributed by atoms with Crippen molar-refractivity contribution in [2.75, 3.05) is 6.54 Å². The van der Waals surface area contributed by atoms with E-state index in [2.05, 4.69) is 4.98 Å². The maximum absolute atomic E-state index is 15.2. The number of aromatic nitrogens is 1. The second kappa shape index (κ2) is 7.41. The minimum atomic E-state index is -1.56. The maximum Gasteiger partial charge on any atom is 0.131 e. The SMILES string of the molecule is CCc1cc(F)c(C2c3[nH]c4cc(F)ccc4c3CC(C)N2CC(C)(C)F)c(F)c1. The van der Waals surface area contributed by atoms with Gasteiger partial charge in [0.25, 0.3) is 0 Å². The summed E-state index contributed by atoms with van der Waals surface area (Å²) >= 11 is 0. The molecule has 4 rings (SSSR count). The largest absolute Gasteiger partial charge is 0.356 e. The van der Waals surface area contributed by atoms with Crippen LogP contribution in [0.15, 0.2) is 30.3 Å². The summed E-state index contributed by atoms with van der Waals surface area (Å²) in [5, 5.41) is 0.827. The summed E-state index contributed by atoms with van der Waals surface area (Å²) in [6, 6.07) is 6.14. The van der Waals surface area contributed by atoms with Crippen LogP contribution in [0.2, 0.25) is 0 Å². The molecule has 0 radical (unpaired) electrons. The molecule has 0 bridgehead atoms. The van der Waals surface area contributed by atoms with Crippen molar-refractivity contribution in [3.8, 4) is 0 Å². The zero-order valence-electron chi connectivity index (χ0n) is 17.6. The van der Waals surface area contributed by atoms with Gasteiger partial charge in [-0.05, 0) is 75.1 Å². The van der Waals surface area contributed by atoms with E-state index < -0.39 is 29.2 Å². The van der Waals surface area contributed by atoms with Gasteiger partial charge in [0.15, 0.2) is 0 Å². The molecule has 2 atom stereocenters. The molecule has 0 saturated carbocycles. The number of hydrogen-bond donors (Lipinski definition) is 1. The van der Waals surface area contributed by atoms with Crippen molar-refractivity contribution in [1.29, 1.82) is 0 Å². The average molecular weight is 418 g/mol. The van der Waals surface area contributed by atoms with Crippen LogP contribution in [0.1, 0.15) is 56.1 Å². The Morgan fingerprint density at radius 3 is 2.37 bits per heavy atom. The fourth-order valence-electron chi connectivity index (χ4n) is 4.63. The molecule has 160 valence electrons. The molecule has 2 aromatic carbocycles. The molecule has 1 aliphatic rings. The average Bonchev–Trinajstić information content (AvgIpc) is 2.99. The third-order valence-corrected chi connectivity index (χ3v) is 5.95. The molecule has 0 spiro atoms. The number of benzene rings is 2. The number of hydrogen-bond acceptors (Lipinski definition) is 1. The highest BCUT2D eigenvalue weighted by atomic mass is 19.1. The molecule has 3 aromatic rings. The molecule has 0 amide bonds. The van der Waals surface area contributed by atoms with Gasteiger partial charge < -0.3 is 4.98 Å². The monoisotopic (exact) mass is 418 g/mol. The summed E-state index contributed by atoms with van der Waals surface area (Å²) in [7, 11) is 0. The maximum atomic E-state index is 15.2. The number of alkyl halides is 1. The van der Waals surface area contributed by atoms with Crippen molar-refractivity contribution in [3.63, 3.8) is 0 Å². The summed E-state index contributed by atoms with van der Waals surface area (Å²) in [4.78, 5) is 4.99. The number of fused-ring (bicyclic) bond motifs is 3. The lowest BCUT2D eigenvalue weighted by Gasteiger charge is -2.43. The predicted octanol–water partition coefficient (Wildman–Crippen LogP) is 6.23. The van der Waals surface area contributed by atoms with E-state index in [4.69, 9.17) is 0 Å². The Balaban J connectivity index is 1.97. The number of aryl methyl sites for hydroxylation is 1. The zero-order chi connectivity index (χ0) is 21.8. The zero-order valence-corrected chi connectivity index (χ0v) is 17.6. The van der Waals surface area contributed by atoms with Gasteiger partial charge >= 0.3 is 0 Å². The first-order valence-corrected chi connectivity index (χ1v) is 10.3. The number of rotatable bonds is 4. The lowest BCUT2D eigenvalue weighted by Crippen LogP contribution is -2.48. The van der Waals surface area contributed by atoms with Crippen LogP contribution in [0.4, 0.5) is 17.6 Å². The van der Waals surface area contributed by atoms with Crippen molar-refractivity contribution >= 4 is 10.9 Å². The number of halogens is 4. The Morgan fingerprint density at radius 2 is 1.77 bits per heavy atom. The van der Waals surface area contributed by atoms with Crippen molar-refractivity contribution in [1.82, 2.24) is 9.88 Å². The molecule has 0 saturated heterocycles. The number of nitrogens with one attached hydrogen (secondary N) is 1. The molecule has 2 heterocycles. The number of H-pyrrole nitrogens is 1. The highest BCUT2D eigenvalue weighted by Gasteiger charge is 2.40. The highest BCUT2D eigenvalue weighted by Crippen LogP contribution is 2.43. The van der Waals surface area contributed by atoms with Crippen LogP contribution in [0.3, 0.4) is 0 Å². The molecule has 30 heavy (non-hydrogen) atoms. The standard InChI is InChI=1S/C24H26F4N2/c1-5-14-9-18(26)21(19(27)10-14)23-22-17(8-13(2)30(23)12-24(3,4)28)16-7-6-15(25)11-20(16)29-22/h6-7,9-11,13,23,29H,5,8,12H2,1-4H3. The van der Waals surface area contributed by atoms with Gasteiger partial charge in [-0.1, -0.05) is 6.92 Å². The smallest absolute Gasteiger partial charge is 0.131 e. The van der Waals surface area contributed by atoms with Gasteiger partial charge in [-0.2, -0.15) is 0 Å². The Kier molecular flexibility index (Phi) is 5.17. The first kappa shape index (κ1) is 20.9. The minimum absolute atomic E-state index is 0.0103. The lowest BCUT2D eigenvalue weighted by atomic mass is 9.86. The molecule has 0 fully saturated rings. The Bertz CT molecular complexity index is 1070. The molecule has 1 aliphatic heterocycles. The van der Waals surface area contributed by atoms with Crippen molar-refractivity contribution in [3.05, 3.63) is 70.2 Å². The van der Waals surface area contributed by atoms with Gasteiger partial charge in [-0.25, -0.2) is 17.6 Å². The minimum Gasteiger partial charge on any atom is -0.356 e. The van der Waals surface area contributed by atoms with E-state index in [1.807, 2.05) is 13.8 Å². The van der Waals surface area contributed by atoms with Crippen LogP contribution < -0.4 is 0 Å². The van der Waals surface area contributed by atoms with E-state index in [0.29, 0.717) is 29.6 Å². The summed E-state index contributed by atoms with van der Waals surface area (Å²) in [5.41, 5.74) is 0.974. The van der Waals surface area contributed by atoms with Gasteiger partial charge in [0, 0.05) is 34.7 Å². The topological polar surface area (TPSA) is 19.0 Å².